The highest BCUT2D eigenvalue weighted by Crippen LogP contribution is 2.44. The standard InChI is InChI=1S/C15H27NO2/c17-15-9-2-1-5-12(15)6-3-8-14(15)16-13-7-4-10-18-11-13/h12-14,16-17H,1-11H2/t12-,13?,14?,15-/m1/s1. The maximum absolute atomic E-state index is 11.1. The second-order valence-corrected chi connectivity index (χ2v) is 6.50. The van der Waals surface area contributed by atoms with Gasteiger partial charge in [-0.05, 0) is 44.4 Å². The Morgan fingerprint density at radius 2 is 1.89 bits per heavy atom. The molecular formula is C15H27NO2. The molecule has 0 bridgehead atoms. The topological polar surface area (TPSA) is 41.5 Å². The molecule has 3 aliphatic rings. The monoisotopic (exact) mass is 253 g/mol. The third kappa shape index (κ3) is 2.45. The van der Waals surface area contributed by atoms with Crippen LogP contribution in [0, 0.1) is 5.92 Å². The van der Waals surface area contributed by atoms with Gasteiger partial charge in [-0.1, -0.05) is 19.3 Å². The Morgan fingerprint density at radius 1 is 1.00 bits per heavy atom. The molecule has 0 radical (unpaired) electrons. The molecule has 1 saturated heterocycles. The molecule has 18 heavy (non-hydrogen) atoms. The highest BCUT2D eigenvalue weighted by molar-refractivity contribution is 5.02. The maximum Gasteiger partial charge on any atom is 0.0828 e. The first kappa shape index (κ1) is 12.9. The van der Waals surface area contributed by atoms with Crippen molar-refractivity contribution in [3.05, 3.63) is 0 Å². The Bertz CT molecular complexity index is 276. The van der Waals surface area contributed by atoms with Gasteiger partial charge in [0.25, 0.3) is 0 Å². The van der Waals surface area contributed by atoms with E-state index in [1.165, 1.54) is 38.5 Å². The van der Waals surface area contributed by atoms with Crippen molar-refractivity contribution >= 4 is 0 Å². The zero-order valence-corrected chi connectivity index (χ0v) is 11.4. The van der Waals surface area contributed by atoms with Crippen LogP contribution in [-0.2, 0) is 4.74 Å². The SMILES string of the molecule is O[C@]12CCCC[C@@H]1CCCC2NC1CCCOC1. The van der Waals surface area contributed by atoms with Crippen molar-refractivity contribution in [2.24, 2.45) is 5.92 Å². The van der Waals surface area contributed by atoms with Crippen molar-refractivity contribution in [1.82, 2.24) is 5.32 Å². The zero-order valence-electron chi connectivity index (χ0n) is 11.4. The summed E-state index contributed by atoms with van der Waals surface area (Å²) in [5.41, 5.74) is -0.423. The lowest BCUT2D eigenvalue weighted by atomic mass is 9.64. The molecule has 0 aromatic carbocycles. The Balaban J connectivity index is 1.65. The maximum atomic E-state index is 11.1. The average molecular weight is 253 g/mol. The zero-order chi connectivity index (χ0) is 12.4. The van der Waals surface area contributed by atoms with Crippen LogP contribution in [0.2, 0.25) is 0 Å². The second kappa shape index (κ2) is 5.48. The van der Waals surface area contributed by atoms with Gasteiger partial charge in [0.1, 0.15) is 0 Å². The molecule has 2 unspecified atom stereocenters. The van der Waals surface area contributed by atoms with Crippen LogP contribution >= 0.6 is 0 Å². The summed E-state index contributed by atoms with van der Waals surface area (Å²) in [6, 6.07) is 0.775. The summed E-state index contributed by atoms with van der Waals surface area (Å²) in [7, 11) is 0. The van der Waals surface area contributed by atoms with E-state index < -0.39 is 5.60 Å². The van der Waals surface area contributed by atoms with Gasteiger partial charge < -0.3 is 15.2 Å². The Hall–Kier alpha value is -0.120. The van der Waals surface area contributed by atoms with Crippen LogP contribution in [0.15, 0.2) is 0 Å². The van der Waals surface area contributed by atoms with Crippen LogP contribution < -0.4 is 5.32 Å². The van der Waals surface area contributed by atoms with Gasteiger partial charge in [-0.25, -0.2) is 0 Å². The molecule has 0 amide bonds. The summed E-state index contributed by atoms with van der Waals surface area (Å²) < 4.78 is 5.55. The Kier molecular flexibility index (Phi) is 3.92. The molecule has 1 aliphatic heterocycles. The molecular weight excluding hydrogens is 226 g/mol. The highest BCUT2D eigenvalue weighted by Gasteiger charge is 2.47. The van der Waals surface area contributed by atoms with Gasteiger partial charge in [-0.15, -0.1) is 0 Å². The van der Waals surface area contributed by atoms with Gasteiger partial charge in [0.05, 0.1) is 12.2 Å². The summed E-state index contributed by atoms with van der Waals surface area (Å²) in [6.07, 6.45) is 10.8. The number of aliphatic hydroxyl groups is 1. The van der Waals surface area contributed by atoms with E-state index in [-0.39, 0.29) is 0 Å². The third-order valence-electron chi connectivity index (χ3n) is 5.33. The minimum Gasteiger partial charge on any atom is -0.388 e. The number of hydrogen-bond donors (Lipinski definition) is 2. The molecule has 1 heterocycles. The first-order valence-electron chi connectivity index (χ1n) is 7.85. The summed E-state index contributed by atoms with van der Waals surface area (Å²) in [5, 5.41) is 14.8. The average Bonchev–Trinajstić information content (AvgIpc) is 2.41. The van der Waals surface area contributed by atoms with Crippen molar-refractivity contribution < 1.29 is 9.84 Å². The summed E-state index contributed by atoms with van der Waals surface area (Å²) in [5.74, 6) is 0.544. The number of fused-ring (bicyclic) bond motifs is 1. The van der Waals surface area contributed by atoms with Gasteiger partial charge in [0, 0.05) is 18.7 Å². The normalized spacial score (nSPS) is 45.5. The molecule has 2 saturated carbocycles. The summed E-state index contributed by atoms with van der Waals surface area (Å²) in [6.45, 7) is 1.74. The van der Waals surface area contributed by atoms with E-state index in [1.807, 2.05) is 0 Å². The largest absolute Gasteiger partial charge is 0.388 e. The van der Waals surface area contributed by atoms with Crippen LogP contribution in [0.1, 0.15) is 57.8 Å². The van der Waals surface area contributed by atoms with Crippen molar-refractivity contribution in [3.8, 4) is 0 Å². The Morgan fingerprint density at radius 3 is 2.72 bits per heavy atom. The van der Waals surface area contributed by atoms with E-state index in [2.05, 4.69) is 5.32 Å². The molecule has 4 atom stereocenters. The van der Waals surface area contributed by atoms with E-state index in [9.17, 15) is 5.11 Å². The van der Waals surface area contributed by atoms with E-state index in [0.29, 0.717) is 18.0 Å². The molecule has 3 nitrogen and oxygen atoms in total. The fourth-order valence-corrected chi connectivity index (χ4v) is 4.31. The first-order valence-corrected chi connectivity index (χ1v) is 7.85. The van der Waals surface area contributed by atoms with Crippen molar-refractivity contribution in [1.29, 1.82) is 0 Å². The van der Waals surface area contributed by atoms with Crippen molar-refractivity contribution in [2.45, 2.75) is 75.5 Å². The van der Waals surface area contributed by atoms with Gasteiger partial charge in [0.2, 0.25) is 0 Å². The van der Waals surface area contributed by atoms with Crippen molar-refractivity contribution in [3.63, 3.8) is 0 Å². The molecule has 0 spiro atoms. The molecule has 3 fully saturated rings. The van der Waals surface area contributed by atoms with Gasteiger partial charge in [-0.2, -0.15) is 0 Å². The van der Waals surface area contributed by atoms with Crippen LogP contribution in [0.25, 0.3) is 0 Å². The predicted molar refractivity (Wildman–Crippen MR) is 71.5 cm³/mol. The lowest BCUT2D eigenvalue weighted by Gasteiger charge is -2.50. The fraction of sp³-hybridized carbons (Fsp3) is 1.00. The molecule has 2 N–H and O–H groups in total. The number of ether oxygens (including phenoxy) is 1. The predicted octanol–water partition coefficient (Wildman–Crippen LogP) is 2.23. The number of hydrogen-bond acceptors (Lipinski definition) is 3. The summed E-state index contributed by atoms with van der Waals surface area (Å²) >= 11 is 0. The molecule has 3 heteroatoms. The number of rotatable bonds is 2. The lowest BCUT2D eigenvalue weighted by Crippen LogP contribution is -2.61. The highest BCUT2D eigenvalue weighted by atomic mass is 16.5. The minimum absolute atomic E-state index is 0.309. The van der Waals surface area contributed by atoms with Gasteiger partial charge >= 0.3 is 0 Å². The molecule has 3 rings (SSSR count). The second-order valence-electron chi connectivity index (χ2n) is 6.50. The third-order valence-corrected chi connectivity index (χ3v) is 5.33. The fourth-order valence-electron chi connectivity index (χ4n) is 4.31. The molecule has 0 aromatic heterocycles. The smallest absolute Gasteiger partial charge is 0.0828 e. The number of nitrogens with one attached hydrogen (secondary N) is 1. The van der Waals surface area contributed by atoms with E-state index in [4.69, 9.17) is 4.74 Å². The molecule has 104 valence electrons. The quantitative estimate of drug-likeness (QED) is 0.793. The van der Waals surface area contributed by atoms with Crippen LogP contribution in [0.3, 0.4) is 0 Å². The van der Waals surface area contributed by atoms with Gasteiger partial charge in [-0.3, -0.25) is 0 Å². The minimum atomic E-state index is -0.423. The van der Waals surface area contributed by atoms with Crippen LogP contribution in [0.5, 0.6) is 0 Å². The van der Waals surface area contributed by atoms with E-state index >= 15 is 0 Å². The molecule has 2 aliphatic carbocycles. The van der Waals surface area contributed by atoms with E-state index in [1.54, 1.807) is 0 Å². The van der Waals surface area contributed by atoms with Crippen LogP contribution in [0.4, 0.5) is 0 Å². The lowest BCUT2D eigenvalue weighted by molar-refractivity contribution is -0.104. The van der Waals surface area contributed by atoms with Crippen molar-refractivity contribution in [2.75, 3.05) is 13.2 Å². The van der Waals surface area contributed by atoms with E-state index in [0.717, 1.165) is 32.5 Å². The first-order chi connectivity index (χ1) is 8.79. The Labute approximate surface area is 110 Å². The van der Waals surface area contributed by atoms with Gasteiger partial charge in [0.15, 0.2) is 0 Å². The van der Waals surface area contributed by atoms with Crippen LogP contribution in [-0.4, -0.2) is 36.0 Å². The molecule has 0 aromatic rings. The summed E-state index contributed by atoms with van der Waals surface area (Å²) in [4.78, 5) is 0.